The lowest BCUT2D eigenvalue weighted by molar-refractivity contribution is -0.123. The fraction of sp³-hybridized carbons (Fsp3) is 0.588. The number of carbonyl (C=O) groups excluding carboxylic acids is 1. The Balaban J connectivity index is 1.27. The van der Waals surface area contributed by atoms with Crippen LogP contribution in [0, 0.1) is 29.6 Å². The topological polar surface area (TPSA) is 29.1 Å². The van der Waals surface area contributed by atoms with E-state index in [-0.39, 0.29) is 0 Å². The maximum absolute atomic E-state index is 12.2. The van der Waals surface area contributed by atoms with Crippen molar-refractivity contribution >= 4 is 5.91 Å². The Kier molecular flexibility index (Phi) is 2.64. The molecule has 19 heavy (non-hydrogen) atoms. The minimum absolute atomic E-state index is 0.336. The van der Waals surface area contributed by atoms with Crippen molar-refractivity contribution in [2.24, 2.45) is 29.6 Å². The van der Waals surface area contributed by atoms with Crippen LogP contribution in [0.2, 0.25) is 0 Å². The minimum Gasteiger partial charge on any atom is -0.356 e. The van der Waals surface area contributed by atoms with E-state index in [9.17, 15) is 4.79 Å². The summed E-state index contributed by atoms with van der Waals surface area (Å²) in [6.07, 6.45) is 5.14. The van der Waals surface area contributed by atoms with Crippen LogP contribution in [0.4, 0.5) is 0 Å². The quantitative estimate of drug-likeness (QED) is 0.880. The van der Waals surface area contributed by atoms with Gasteiger partial charge < -0.3 is 5.32 Å². The lowest BCUT2D eigenvalue weighted by Crippen LogP contribution is -2.29. The van der Waals surface area contributed by atoms with Gasteiger partial charge in [0.15, 0.2) is 0 Å². The second-order valence-electron chi connectivity index (χ2n) is 6.54. The molecule has 0 heterocycles. The van der Waals surface area contributed by atoms with Crippen LogP contribution < -0.4 is 5.32 Å². The highest BCUT2D eigenvalue weighted by Gasteiger charge is 2.67. The Morgan fingerprint density at radius 2 is 1.79 bits per heavy atom. The van der Waals surface area contributed by atoms with Crippen molar-refractivity contribution in [3.63, 3.8) is 0 Å². The van der Waals surface area contributed by atoms with Crippen LogP contribution in [0.15, 0.2) is 30.3 Å². The second-order valence-corrected chi connectivity index (χ2v) is 6.54. The Morgan fingerprint density at radius 3 is 2.47 bits per heavy atom. The molecule has 0 saturated heterocycles. The molecule has 3 aliphatic rings. The standard InChI is InChI=1S/C17H21NO/c19-17(18-9-8-11-4-2-1-3-5-11)16-14-12-6-7-13(10-12)15(14)16/h1-5,12-16H,6-10H2,(H,18,19)/t12-,13-,14-,15+,16?/m0/s1. The van der Waals surface area contributed by atoms with Gasteiger partial charge >= 0.3 is 0 Å². The van der Waals surface area contributed by atoms with Crippen LogP contribution >= 0.6 is 0 Å². The molecule has 0 spiro atoms. The largest absolute Gasteiger partial charge is 0.356 e. The first-order chi connectivity index (χ1) is 9.34. The van der Waals surface area contributed by atoms with Gasteiger partial charge in [0.25, 0.3) is 0 Å². The predicted molar refractivity (Wildman–Crippen MR) is 74.5 cm³/mol. The lowest BCUT2D eigenvalue weighted by atomic mass is 10.0. The van der Waals surface area contributed by atoms with E-state index in [2.05, 4.69) is 29.6 Å². The van der Waals surface area contributed by atoms with E-state index in [0.29, 0.717) is 11.8 Å². The fourth-order valence-corrected chi connectivity index (χ4v) is 4.77. The van der Waals surface area contributed by atoms with E-state index in [1.165, 1.54) is 24.8 Å². The maximum atomic E-state index is 12.2. The highest BCUT2D eigenvalue weighted by molar-refractivity contribution is 5.82. The van der Waals surface area contributed by atoms with Gasteiger partial charge in [-0.3, -0.25) is 4.79 Å². The Morgan fingerprint density at radius 1 is 1.11 bits per heavy atom. The van der Waals surface area contributed by atoms with Crippen LogP contribution in [0.25, 0.3) is 0 Å². The molecule has 1 N–H and O–H groups in total. The molecule has 1 aromatic rings. The second kappa shape index (κ2) is 4.36. The van der Waals surface area contributed by atoms with Crippen LogP contribution in [0.3, 0.4) is 0 Å². The Labute approximate surface area is 114 Å². The summed E-state index contributed by atoms with van der Waals surface area (Å²) in [5, 5.41) is 3.15. The van der Waals surface area contributed by atoms with Gasteiger partial charge in [0.2, 0.25) is 5.91 Å². The highest BCUT2D eigenvalue weighted by Crippen LogP contribution is 2.69. The summed E-state index contributed by atoms with van der Waals surface area (Å²) in [5.74, 6) is 4.01. The first kappa shape index (κ1) is 11.5. The molecule has 1 amide bonds. The number of hydrogen-bond acceptors (Lipinski definition) is 1. The molecule has 2 bridgehead atoms. The smallest absolute Gasteiger partial charge is 0.223 e. The van der Waals surface area contributed by atoms with Crippen molar-refractivity contribution in [1.82, 2.24) is 5.32 Å². The summed E-state index contributed by atoms with van der Waals surface area (Å²) < 4.78 is 0. The molecule has 1 aromatic carbocycles. The van der Waals surface area contributed by atoms with Gasteiger partial charge in [0.05, 0.1) is 0 Å². The molecule has 100 valence electrons. The van der Waals surface area contributed by atoms with Gasteiger partial charge in [0.1, 0.15) is 0 Å². The molecule has 0 aromatic heterocycles. The number of carbonyl (C=O) groups is 1. The van der Waals surface area contributed by atoms with E-state index in [1.54, 1.807) is 0 Å². The average molecular weight is 255 g/mol. The zero-order valence-corrected chi connectivity index (χ0v) is 11.2. The Hall–Kier alpha value is -1.31. The van der Waals surface area contributed by atoms with Crippen LogP contribution in [-0.4, -0.2) is 12.5 Å². The van der Waals surface area contributed by atoms with Gasteiger partial charge in [-0.2, -0.15) is 0 Å². The molecule has 5 atom stereocenters. The highest BCUT2D eigenvalue weighted by atomic mass is 16.2. The minimum atomic E-state index is 0.336. The van der Waals surface area contributed by atoms with Crippen LogP contribution in [0.5, 0.6) is 0 Å². The Bertz CT molecular complexity index is 467. The van der Waals surface area contributed by atoms with Gasteiger partial charge in [-0.1, -0.05) is 30.3 Å². The van der Waals surface area contributed by atoms with Crippen LogP contribution in [0.1, 0.15) is 24.8 Å². The normalized spacial score (nSPS) is 38.0. The summed E-state index contributed by atoms with van der Waals surface area (Å²) in [7, 11) is 0. The zero-order chi connectivity index (χ0) is 12.8. The number of hydrogen-bond donors (Lipinski definition) is 1. The molecule has 0 radical (unpaired) electrons. The number of benzene rings is 1. The fourth-order valence-electron chi connectivity index (χ4n) is 4.77. The molecule has 1 unspecified atom stereocenters. The molecule has 4 rings (SSSR count). The summed E-state index contributed by atoms with van der Waals surface area (Å²) in [4.78, 5) is 12.2. The third kappa shape index (κ3) is 1.89. The van der Waals surface area contributed by atoms with Gasteiger partial charge in [-0.15, -0.1) is 0 Å². The molecular weight excluding hydrogens is 234 g/mol. The van der Waals surface area contributed by atoms with Crippen molar-refractivity contribution in [1.29, 1.82) is 0 Å². The monoisotopic (exact) mass is 255 g/mol. The maximum Gasteiger partial charge on any atom is 0.223 e. The van der Waals surface area contributed by atoms with Crippen molar-refractivity contribution in [2.75, 3.05) is 6.54 Å². The number of fused-ring (bicyclic) bond motifs is 5. The van der Waals surface area contributed by atoms with E-state index in [4.69, 9.17) is 0 Å². The van der Waals surface area contributed by atoms with Crippen LogP contribution in [-0.2, 0) is 11.2 Å². The third-order valence-electron chi connectivity index (χ3n) is 5.59. The summed E-state index contributed by atoms with van der Waals surface area (Å²) >= 11 is 0. The van der Waals surface area contributed by atoms with E-state index >= 15 is 0 Å². The lowest BCUT2D eigenvalue weighted by Gasteiger charge is -2.09. The molecule has 3 aliphatic carbocycles. The SMILES string of the molecule is O=C(NCCc1ccccc1)C1[C@@H]2[C@H]3CC[C@@H](C3)[C@H]12. The van der Waals surface area contributed by atoms with Crippen molar-refractivity contribution in [3.8, 4) is 0 Å². The van der Waals surface area contributed by atoms with E-state index in [1.807, 2.05) is 6.07 Å². The molecule has 2 heteroatoms. The zero-order valence-electron chi connectivity index (χ0n) is 11.2. The summed E-state index contributed by atoms with van der Waals surface area (Å²) in [6, 6.07) is 10.4. The van der Waals surface area contributed by atoms with E-state index < -0.39 is 0 Å². The van der Waals surface area contributed by atoms with E-state index in [0.717, 1.165) is 36.6 Å². The van der Waals surface area contributed by atoms with Gasteiger partial charge in [-0.25, -0.2) is 0 Å². The first-order valence-corrected chi connectivity index (χ1v) is 7.66. The average Bonchev–Trinajstić information content (AvgIpc) is 2.89. The van der Waals surface area contributed by atoms with Gasteiger partial charge in [0, 0.05) is 12.5 Å². The predicted octanol–water partition coefficient (Wildman–Crippen LogP) is 2.64. The number of rotatable bonds is 4. The summed E-state index contributed by atoms with van der Waals surface area (Å²) in [6.45, 7) is 0.786. The first-order valence-electron chi connectivity index (χ1n) is 7.66. The van der Waals surface area contributed by atoms with Crippen molar-refractivity contribution < 1.29 is 4.79 Å². The van der Waals surface area contributed by atoms with Crippen molar-refractivity contribution in [2.45, 2.75) is 25.7 Å². The third-order valence-corrected chi connectivity index (χ3v) is 5.59. The molecular formula is C17H21NO. The molecule has 2 nitrogen and oxygen atoms in total. The molecule has 0 aliphatic heterocycles. The van der Waals surface area contributed by atoms with Crippen molar-refractivity contribution in [3.05, 3.63) is 35.9 Å². The number of nitrogens with one attached hydrogen (secondary N) is 1. The van der Waals surface area contributed by atoms with Gasteiger partial charge in [-0.05, 0) is 54.9 Å². The molecule has 3 saturated carbocycles. The number of amides is 1. The summed E-state index contributed by atoms with van der Waals surface area (Å²) in [5.41, 5.74) is 1.30. The molecule has 3 fully saturated rings.